The molecule has 2 unspecified atom stereocenters. The highest BCUT2D eigenvalue weighted by molar-refractivity contribution is 7.47. The molecule has 0 bridgehead atoms. The molecule has 0 saturated carbocycles. The number of esters is 4. The Balaban J connectivity index is 5.15. The van der Waals surface area contributed by atoms with Crippen molar-refractivity contribution in [3.05, 3.63) is 0 Å². The average molecular weight is 1420 g/mol. The van der Waals surface area contributed by atoms with Crippen molar-refractivity contribution in [1.29, 1.82) is 0 Å². The number of ether oxygens (including phenoxy) is 4. The Morgan fingerprint density at radius 2 is 0.474 bits per heavy atom. The van der Waals surface area contributed by atoms with Crippen LogP contribution in [0.25, 0.3) is 0 Å². The summed E-state index contributed by atoms with van der Waals surface area (Å²) in [5.41, 5.74) is 0. The van der Waals surface area contributed by atoms with Gasteiger partial charge in [-0.2, -0.15) is 0 Å². The Morgan fingerprint density at radius 3 is 0.701 bits per heavy atom. The largest absolute Gasteiger partial charge is 0.472 e. The number of phosphoric ester groups is 2. The molecule has 17 nitrogen and oxygen atoms in total. The summed E-state index contributed by atoms with van der Waals surface area (Å²) in [6.45, 7) is 7.25. The van der Waals surface area contributed by atoms with Crippen LogP contribution in [0.4, 0.5) is 0 Å². The average Bonchev–Trinajstić information content (AvgIpc) is 1.30. The molecule has 5 atom stereocenters. The van der Waals surface area contributed by atoms with Gasteiger partial charge in [-0.15, -0.1) is 0 Å². The van der Waals surface area contributed by atoms with E-state index >= 15 is 0 Å². The lowest BCUT2D eigenvalue weighted by Gasteiger charge is -2.21. The zero-order chi connectivity index (χ0) is 71.2. The molecule has 3 N–H and O–H groups in total. The number of phosphoric acid groups is 2. The molecule has 0 aromatic heterocycles. The topological polar surface area (TPSA) is 237 Å². The van der Waals surface area contributed by atoms with Gasteiger partial charge in [0, 0.05) is 25.7 Å². The van der Waals surface area contributed by atoms with Crippen molar-refractivity contribution in [3.63, 3.8) is 0 Å². The predicted octanol–water partition coefficient (Wildman–Crippen LogP) is 23.3. The van der Waals surface area contributed by atoms with Crippen LogP contribution in [0.1, 0.15) is 413 Å². The van der Waals surface area contributed by atoms with Gasteiger partial charge in [0.05, 0.1) is 26.4 Å². The van der Waals surface area contributed by atoms with Gasteiger partial charge in [0.15, 0.2) is 12.2 Å². The lowest BCUT2D eigenvalue weighted by atomic mass is 10.0. The molecule has 0 fully saturated rings. The summed E-state index contributed by atoms with van der Waals surface area (Å²) >= 11 is 0. The maximum atomic E-state index is 13.1. The van der Waals surface area contributed by atoms with Crippen LogP contribution in [0.15, 0.2) is 0 Å². The van der Waals surface area contributed by atoms with E-state index in [0.29, 0.717) is 25.7 Å². The minimum atomic E-state index is -4.96. The number of rotatable bonds is 78. The quantitative estimate of drug-likeness (QED) is 0.0222. The number of carbonyl (C=O) groups excluding carboxylic acids is 4. The zero-order valence-corrected chi connectivity index (χ0v) is 65.0. The summed E-state index contributed by atoms with van der Waals surface area (Å²) < 4.78 is 68.5. The van der Waals surface area contributed by atoms with Gasteiger partial charge in [0.1, 0.15) is 19.3 Å². The monoisotopic (exact) mass is 1420 g/mol. The molecule has 0 radical (unpaired) electrons. The molecule has 576 valence electrons. The standard InChI is InChI=1S/C78H152O17P2/c1-6-9-12-15-18-20-22-24-26-27-28-29-30-31-32-34-36-38-43-48-53-58-63-77(82)95-74(68-89-76(81)62-57-52-47-42-37-35-33-25-23-21-19-16-13-10-7-2)70-93-97(86,87)91-66-72(79)65-90-96(84,85)92-69-73(67-88-75(80)61-56-51-45-17-14-11-8-3)94-78(83)64-59-54-49-44-40-39-41-46-50-55-60-71(4)5/h71-74,79H,6-70H2,1-5H3,(H,84,85)(H,86,87)/t72-,73+,74+/m0/s1. The molecule has 19 heteroatoms. The highest BCUT2D eigenvalue weighted by atomic mass is 31.2. The van der Waals surface area contributed by atoms with Crippen molar-refractivity contribution in [2.75, 3.05) is 39.6 Å². The van der Waals surface area contributed by atoms with Gasteiger partial charge in [-0.1, -0.05) is 362 Å². The van der Waals surface area contributed by atoms with Crippen LogP contribution < -0.4 is 0 Å². The van der Waals surface area contributed by atoms with E-state index in [1.807, 2.05) is 0 Å². The van der Waals surface area contributed by atoms with Crippen LogP contribution in [0.3, 0.4) is 0 Å². The third kappa shape index (κ3) is 72.2. The smallest absolute Gasteiger partial charge is 0.462 e. The van der Waals surface area contributed by atoms with Crippen LogP contribution in [0, 0.1) is 5.92 Å². The van der Waals surface area contributed by atoms with Crippen LogP contribution in [-0.4, -0.2) is 96.7 Å². The van der Waals surface area contributed by atoms with Crippen molar-refractivity contribution >= 4 is 39.5 Å². The fourth-order valence-corrected chi connectivity index (χ4v) is 13.6. The highest BCUT2D eigenvalue weighted by Crippen LogP contribution is 2.45. The molecule has 0 aliphatic carbocycles. The Kier molecular flexibility index (Phi) is 69.6. The van der Waals surface area contributed by atoms with Gasteiger partial charge >= 0.3 is 39.5 Å². The minimum Gasteiger partial charge on any atom is -0.462 e. The lowest BCUT2D eigenvalue weighted by Crippen LogP contribution is -2.30. The number of unbranched alkanes of at least 4 members (excludes halogenated alkanes) is 50. The van der Waals surface area contributed by atoms with Gasteiger partial charge < -0.3 is 33.8 Å². The third-order valence-corrected chi connectivity index (χ3v) is 20.2. The Hall–Kier alpha value is -1.94. The summed E-state index contributed by atoms with van der Waals surface area (Å²) in [7, 11) is -9.91. The minimum absolute atomic E-state index is 0.106. The van der Waals surface area contributed by atoms with Gasteiger partial charge in [0.2, 0.25) is 0 Å². The van der Waals surface area contributed by atoms with Gasteiger partial charge in [-0.25, -0.2) is 9.13 Å². The van der Waals surface area contributed by atoms with E-state index in [9.17, 15) is 43.2 Å². The fraction of sp³-hybridized carbons (Fsp3) is 0.949. The summed E-state index contributed by atoms with van der Waals surface area (Å²) in [4.78, 5) is 72.7. The Labute approximate surface area is 594 Å². The molecule has 0 aromatic carbocycles. The first-order chi connectivity index (χ1) is 47.0. The normalized spacial score (nSPS) is 13.9. The van der Waals surface area contributed by atoms with Crippen LogP contribution in [-0.2, 0) is 65.4 Å². The van der Waals surface area contributed by atoms with E-state index in [1.54, 1.807) is 0 Å². The molecule has 97 heavy (non-hydrogen) atoms. The number of aliphatic hydroxyl groups is 1. The molecular weight excluding hydrogens is 1270 g/mol. The van der Waals surface area contributed by atoms with Gasteiger partial charge in [0.25, 0.3) is 0 Å². The first-order valence-electron chi connectivity index (χ1n) is 40.6. The number of carbonyl (C=O) groups is 4. The van der Waals surface area contributed by atoms with Crippen molar-refractivity contribution < 1.29 is 80.2 Å². The van der Waals surface area contributed by atoms with Gasteiger partial charge in [-0.05, 0) is 31.6 Å². The van der Waals surface area contributed by atoms with E-state index < -0.39 is 97.5 Å². The molecule has 0 saturated heterocycles. The maximum absolute atomic E-state index is 13.1. The summed E-state index contributed by atoms with van der Waals surface area (Å²) in [6, 6.07) is 0. The van der Waals surface area contributed by atoms with E-state index in [-0.39, 0.29) is 25.7 Å². The third-order valence-electron chi connectivity index (χ3n) is 18.3. The van der Waals surface area contributed by atoms with Crippen LogP contribution in [0.2, 0.25) is 0 Å². The molecule has 0 rings (SSSR count). The van der Waals surface area contributed by atoms with E-state index in [1.165, 1.54) is 225 Å². The molecule has 0 aliphatic heterocycles. The fourth-order valence-electron chi connectivity index (χ4n) is 12.1. The summed E-state index contributed by atoms with van der Waals surface area (Å²) in [6.07, 6.45) is 61.3. The van der Waals surface area contributed by atoms with E-state index in [4.69, 9.17) is 37.0 Å². The lowest BCUT2D eigenvalue weighted by molar-refractivity contribution is -0.161. The SMILES string of the molecule is CCCCCCCCCCCCCCCCCCCCCCCCC(=O)O[C@H](COC(=O)CCCCCCCCCCCCCCCCC)COP(=O)(O)OC[C@@H](O)COP(=O)(O)OC[C@@H](COC(=O)CCCCCCCCC)OC(=O)CCCCCCCCCCCCC(C)C. The first-order valence-corrected chi connectivity index (χ1v) is 43.6. The molecule has 0 spiro atoms. The van der Waals surface area contributed by atoms with E-state index in [0.717, 1.165) is 109 Å². The maximum Gasteiger partial charge on any atom is 0.472 e. The molecule has 0 heterocycles. The van der Waals surface area contributed by atoms with Crippen LogP contribution >= 0.6 is 15.6 Å². The molecular formula is C78H152O17P2. The second-order valence-electron chi connectivity index (χ2n) is 28.6. The summed E-state index contributed by atoms with van der Waals surface area (Å²) in [5, 5.41) is 10.6. The van der Waals surface area contributed by atoms with E-state index in [2.05, 4.69) is 34.6 Å². The Bertz CT molecular complexity index is 1860. The first kappa shape index (κ1) is 95.1. The zero-order valence-electron chi connectivity index (χ0n) is 63.2. The highest BCUT2D eigenvalue weighted by Gasteiger charge is 2.30. The van der Waals surface area contributed by atoms with Crippen molar-refractivity contribution in [1.82, 2.24) is 0 Å². The van der Waals surface area contributed by atoms with Crippen LogP contribution in [0.5, 0.6) is 0 Å². The molecule has 0 aliphatic rings. The number of aliphatic hydroxyl groups excluding tert-OH is 1. The second kappa shape index (κ2) is 71.1. The molecule has 0 aromatic rings. The Morgan fingerprint density at radius 1 is 0.278 bits per heavy atom. The van der Waals surface area contributed by atoms with Crippen molar-refractivity contribution in [3.8, 4) is 0 Å². The number of hydrogen-bond acceptors (Lipinski definition) is 15. The van der Waals surface area contributed by atoms with Gasteiger partial charge in [-0.3, -0.25) is 37.3 Å². The second-order valence-corrected chi connectivity index (χ2v) is 31.5. The molecule has 0 amide bonds. The number of hydrogen-bond donors (Lipinski definition) is 3. The predicted molar refractivity (Wildman–Crippen MR) is 395 cm³/mol. The van der Waals surface area contributed by atoms with Crippen molar-refractivity contribution in [2.45, 2.75) is 432 Å². The van der Waals surface area contributed by atoms with Crippen molar-refractivity contribution in [2.24, 2.45) is 5.92 Å². The summed E-state index contributed by atoms with van der Waals surface area (Å²) in [5.74, 6) is -1.36.